The van der Waals surface area contributed by atoms with Gasteiger partial charge in [-0.1, -0.05) is 6.92 Å². The molecule has 0 radical (unpaired) electrons. The number of rotatable bonds is 6. The minimum absolute atomic E-state index is 0.0896. The highest BCUT2D eigenvalue weighted by Gasteiger charge is 2.26. The summed E-state index contributed by atoms with van der Waals surface area (Å²) in [6, 6.07) is 4.45. The third kappa shape index (κ3) is 3.39. The van der Waals surface area contributed by atoms with E-state index in [0.29, 0.717) is 18.0 Å². The van der Waals surface area contributed by atoms with Crippen LogP contribution in [0.2, 0.25) is 0 Å². The van der Waals surface area contributed by atoms with Gasteiger partial charge in [0.15, 0.2) is 0 Å². The van der Waals surface area contributed by atoms with Gasteiger partial charge in [-0.3, -0.25) is 0 Å². The van der Waals surface area contributed by atoms with Crippen LogP contribution in [-0.2, 0) is 10.0 Å². The van der Waals surface area contributed by atoms with Crippen LogP contribution in [0, 0.1) is 0 Å². The molecule has 2 N–H and O–H groups in total. The van der Waals surface area contributed by atoms with E-state index in [1.165, 1.54) is 23.5 Å². The molecule has 1 rings (SSSR count). The molecule has 0 aliphatic rings. The van der Waals surface area contributed by atoms with Crippen molar-refractivity contribution in [1.29, 1.82) is 0 Å². The van der Waals surface area contributed by atoms with Crippen molar-refractivity contribution < 1.29 is 13.2 Å². The topological polar surface area (TPSA) is 72.6 Å². The van der Waals surface area contributed by atoms with Crippen molar-refractivity contribution in [2.45, 2.75) is 38.1 Å². The summed E-state index contributed by atoms with van der Waals surface area (Å²) in [5.74, 6) is 0.477. The summed E-state index contributed by atoms with van der Waals surface area (Å²) < 4.78 is 31.6. The van der Waals surface area contributed by atoms with E-state index in [-0.39, 0.29) is 10.9 Å². The molecule has 0 aromatic heterocycles. The Kier molecular flexibility index (Phi) is 5.20. The van der Waals surface area contributed by atoms with Crippen LogP contribution in [0.1, 0.15) is 27.2 Å². The van der Waals surface area contributed by atoms with E-state index in [9.17, 15) is 8.42 Å². The molecule has 1 aromatic rings. The van der Waals surface area contributed by atoms with Gasteiger partial charge in [-0.25, -0.2) is 8.42 Å². The quantitative estimate of drug-likeness (QED) is 0.813. The Bertz CT molecular complexity index is 527. The van der Waals surface area contributed by atoms with Gasteiger partial charge < -0.3 is 10.5 Å². The zero-order chi connectivity index (χ0) is 14.6. The molecule has 0 heterocycles. The van der Waals surface area contributed by atoms with E-state index in [1.807, 2.05) is 20.8 Å². The minimum Gasteiger partial charge on any atom is -0.495 e. The average Bonchev–Trinajstić information content (AvgIpc) is 2.35. The van der Waals surface area contributed by atoms with Crippen LogP contribution in [0.3, 0.4) is 0 Å². The maximum absolute atomic E-state index is 12.5. The lowest BCUT2D eigenvalue weighted by Gasteiger charge is -2.25. The molecular formula is C13H22N2O3S. The molecule has 0 unspecified atom stereocenters. The van der Waals surface area contributed by atoms with E-state index >= 15 is 0 Å². The normalized spacial score (nSPS) is 12.1. The van der Waals surface area contributed by atoms with Crippen LogP contribution in [0.4, 0.5) is 5.69 Å². The Labute approximate surface area is 115 Å². The van der Waals surface area contributed by atoms with Gasteiger partial charge in [0.1, 0.15) is 5.75 Å². The number of sulfonamides is 1. The van der Waals surface area contributed by atoms with Gasteiger partial charge in [0.2, 0.25) is 10.0 Å². The first-order chi connectivity index (χ1) is 8.84. The Morgan fingerprint density at radius 1 is 1.37 bits per heavy atom. The summed E-state index contributed by atoms with van der Waals surface area (Å²) in [5.41, 5.74) is 6.09. The number of nitrogen functional groups attached to an aromatic ring is 1. The molecule has 0 fully saturated rings. The summed E-state index contributed by atoms with van der Waals surface area (Å²) in [4.78, 5) is 0.202. The molecule has 0 aliphatic heterocycles. The first-order valence-electron chi connectivity index (χ1n) is 6.30. The van der Waals surface area contributed by atoms with E-state index < -0.39 is 10.0 Å². The second-order valence-electron chi connectivity index (χ2n) is 4.61. The molecule has 108 valence electrons. The van der Waals surface area contributed by atoms with Crippen LogP contribution in [0.5, 0.6) is 5.75 Å². The maximum Gasteiger partial charge on any atom is 0.243 e. The smallest absolute Gasteiger partial charge is 0.243 e. The van der Waals surface area contributed by atoms with Crippen molar-refractivity contribution in [3.8, 4) is 5.75 Å². The summed E-state index contributed by atoms with van der Waals surface area (Å²) in [6.07, 6.45) is 0.767. The van der Waals surface area contributed by atoms with Crippen molar-refractivity contribution in [3.05, 3.63) is 18.2 Å². The molecule has 6 heteroatoms. The number of nitrogens with zero attached hydrogens (tertiary/aromatic N) is 1. The van der Waals surface area contributed by atoms with Gasteiger partial charge in [-0.05, 0) is 38.5 Å². The van der Waals surface area contributed by atoms with Gasteiger partial charge in [0.05, 0.1) is 17.7 Å². The average molecular weight is 286 g/mol. The third-order valence-corrected chi connectivity index (χ3v) is 4.90. The molecule has 1 aromatic carbocycles. The van der Waals surface area contributed by atoms with Crippen LogP contribution < -0.4 is 10.5 Å². The minimum atomic E-state index is -3.51. The second kappa shape index (κ2) is 6.25. The van der Waals surface area contributed by atoms with Crippen LogP contribution in [0.15, 0.2) is 23.1 Å². The first-order valence-corrected chi connectivity index (χ1v) is 7.74. The summed E-state index contributed by atoms with van der Waals surface area (Å²) in [6.45, 7) is 6.17. The number of nitrogens with two attached hydrogens (primary N) is 1. The van der Waals surface area contributed by atoms with Crippen molar-refractivity contribution in [1.82, 2.24) is 4.31 Å². The number of anilines is 1. The van der Waals surface area contributed by atoms with Gasteiger partial charge in [0.25, 0.3) is 0 Å². The zero-order valence-corrected chi connectivity index (χ0v) is 12.7. The Morgan fingerprint density at radius 3 is 2.42 bits per heavy atom. The van der Waals surface area contributed by atoms with Crippen molar-refractivity contribution in [2.24, 2.45) is 0 Å². The fraction of sp³-hybridized carbons (Fsp3) is 0.538. The van der Waals surface area contributed by atoms with Crippen LogP contribution in [0.25, 0.3) is 0 Å². The second-order valence-corrected chi connectivity index (χ2v) is 6.50. The fourth-order valence-electron chi connectivity index (χ4n) is 1.88. The summed E-state index contributed by atoms with van der Waals surface area (Å²) >= 11 is 0. The van der Waals surface area contributed by atoms with E-state index in [4.69, 9.17) is 10.5 Å². The number of benzene rings is 1. The molecule has 0 amide bonds. The highest BCUT2D eigenvalue weighted by atomic mass is 32.2. The van der Waals surface area contributed by atoms with Gasteiger partial charge in [0, 0.05) is 12.6 Å². The summed E-state index contributed by atoms with van der Waals surface area (Å²) in [5, 5.41) is 0. The zero-order valence-electron chi connectivity index (χ0n) is 11.9. The first kappa shape index (κ1) is 15.8. The predicted molar refractivity (Wildman–Crippen MR) is 76.7 cm³/mol. The van der Waals surface area contributed by atoms with Crippen LogP contribution >= 0.6 is 0 Å². The standard InChI is InChI=1S/C13H22N2O3S/c1-5-8-15(10(2)3)19(16,17)11-6-7-13(18-4)12(14)9-11/h6-7,9-10H,5,8,14H2,1-4H3. The van der Waals surface area contributed by atoms with Crippen molar-refractivity contribution >= 4 is 15.7 Å². The van der Waals surface area contributed by atoms with Crippen LogP contribution in [-0.4, -0.2) is 32.4 Å². The van der Waals surface area contributed by atoms with E-state index in [0.717, 1.165) is 6.42 Å². The van der Waals surface area contributed by atoms with E-state index in [2.05, 4.69) is 0 Å². The molecule has 0 aliphatic carbocycles. The van der Waals surface area contributed by atoms with Crippen molar-refractivity contribution in [2.75, 3.05) is 19.4 Å². The highest BCUT2D eigenvalue weighted by molar-refractivity contribution is 7.89. The number of hydrogen-bond acceptors (Lipinski definition) is 4. The molecule has 19 heavy (non-hydrogen) atoms. The lowest BCUT2D eigenvalue weighted by atomic mass is 10.3. The van der Waals surface area contributed by atoms with Gasteiger partial charge in [-0.2, -0.15) is 4.31 Å². The number of methoxy groups -OCH3 is 1. The monoisotopic (exact) mass is 286 g/mol. The Hall–Kier alpha value is -1.27. The SMILES string of the molecule is CCCN(C(C)C)S(=O)(=O)c1ccc(OC)c(N)c1. The molecule has 0 bridgehead atoms. The molecular weight excluding hydrogens is 264 g/mol. The third-order valence-electron chi connectivity index (χ3n) is 2.83. The number of hydrogen-bond donors (Lipinski definition) is 1. The number of ether oxygens (including phenoxy) is 1. The highest BCUT2D eigenvalue weighted by Crippen LogP contribution is 2.27. The van der Waals surface area contributed by atoms with Gasteiger partial charge in [-0.15, -0.1) is 0 Å². The lowest BCUT2D eigenvalue weighted by Crippen LogP contribution is -2.37. The van der Waals surface area contributed by atoms with Crippen molar-refractivity contribution in [3.63, 3.8) is 0 Å². The molecule has 0 saturated carbocycles. The molecule has 5 nitrogen and oxygen atoms in total. The summed E-state index contributed by atoms with van der Waals surface area (Å²) in [7, 11) is -2.01. The largest absolute Gasteiger partial charge is 0.495 e. The molecule has 0 atom stereocenters. The maximum atomic E-state index is 12.5. The van der Waals surface area contributed by atoms with E-state index in [1.54, 1.807) is 6.07 Å². The fourth-order valence-corrected chi connectivity index (χ4v) is 3.65. The molecule has 0 spiro atoms. The molecule has 0 saturated heterocycles. The Morgan fingerprint density at radius 2 is 2.00 bits per heavy atom. The predicted octanol–water partition coefficient (Wildman–Crippen LogP) is 2.09. The van der Waals surface area contributed by atoms with Gasteiger partial charge >= 0.3 is 0 Å². The lowest BCUT2D eigenvalue weighted by molar-refractivity contribution is 0.354. The Balaban J connectivity index is 3.22.